The summed E-state index contributed by atoms with van der Waals surface area (Å²) in [5.41, 5.74) is 1.16. The molecule has 1 rings (SSSR count). The van der Waals surface area contributed by atoms with Crippen LogP contribution in [0.5, 0.6) is 0 Å². The molecule has 1 heterocycles. The van der Waals surface area contributed by atoms with Crippen LogP contribution in [0.15, 0.2) is 16.7 Å². The highest BCUT2D eigenvalue weighted by Gasteiger charge is 2.08. The van der Waals surface area contributed by atoms with Crippen molar-refractivity contribution in [1.29, 1.82) is 0 Å². The maximum Gasteiger partial charge on any atom is 0.123 e. The van der Waals surface area contributed by atoms with Crippen molar-refractivity contribution in [2.45, 2.75) is 59.7 Å². The first-order valence-electron chi connectivity index (χ1n) is 6.99. The second kappa shape index (κ2) is 8.33. The molecule has 0 aliphatic heterocycles. The maximum atomic E-state index is 5.75. The van der Waals surface area contributed by atoms with E-state index in [0.29, 0.717) is 18.6 Å². The Morgan fingerprint density at radius 3 is 2.78 bits per heavy atom. The first kappa shape index (κ1) is 15.3. The third-order valence-electron chi connectivity index (χ3n) is 2.95. The average molecular weight is 253 g/mol. The van der Waals surface area contributed by atoms with Gasteiger partial charge in [-0.1, -0.05) is 34.1 Å². The molecule has 0 spiro atoms. The first-order valence-corrected chi connectivity index (χ1v) is 6.99. The molecule has 1 N–H and O–H groups in total. The largest absolute Gasteiger partial charge is 0.468 e. The lowest BCUT2D eigenvalue weighted by Gasteiger charge is -2.11. The molecule has 3 nitrogen and oxygen atoms in total. The van der Waals surface area contributed by atoms with Gasteiger partial charge < -0.3 is 14.5 Å². The molecule has 0 aliphatic carbocycles. The van der Waals surface area contributed by atoms with Crippen LogP contribution in [0.3, 0.4) is 0 Å². The van der Waals surface area contributed by atoms with Crippen molar-refractivity contribution in [2.75, 3.05) is 6.61 Å². The van der Waals surface area contributed by atoms with Crippen molar-refractivity contribution < 1.29 is 9.15 Å². The van der Waals surface area contributed by atoms with Gasteiger partial charge in [0.25, 0.3) is 0 Å². The van der Waals surface area contributed by atoms with Crippen LogP contribution in [-0.2, 0) is 17.9 Å². The van der Waals surface area contributed by atoms with Crippen molar-refractivity contribution >= 4 is 0 Å². The van der Waals surface area contributed by atoms with E-state index in [1.165, 1.54) is 12.8 Å². The van der Waals surface area contributed by atoms with Gasteiger partial charge >= 0.3 is 0 Å². The summed E-state index contributed by atoms with van der Waals surface area (Å²) >= 11 is 0. The van der Waals surface area contributed by atoms with Crippen LogP contribution in [0, 0.1) is 5.92 Å². The molecule has 1 aromatic rings. The summed E-state index contributed by atoms with van der Waals surface area (Å²) in [6.45, 7) is 11.0. The summed E-state index contributed by atoms with van der Waals surface area (Å²) in [7, 11) is 0. The minimum absolute atomic E-state index is 0.466. The van der Waals surface area contributed by atoms with E-state index in [4.69, 9.17) is 9.15 Å². The number of nitrogens with one attached hydrogen (secondary N) is 1. The Hall–Kier alpha value is -0.800. The molecule has 0 saturated carbocycles. The smallest absolute Gasteiger partial charge is 0.123 e. The second-order valence-corrected chi connectivity index (χ2v) is 5.31. The molecule has 3 heteroatoms. The second-order valence-electron chi connectivity index (χ2n) is 5.31. The zero-order valence-electron chi connectivity index (χ0n) is 12.2. The molecule has 0 saturated heterocycles. The summed E-state index contributed by atoms with van der Waals surface area (Å²) in [6, 6.07) is 2.47. The molecule has 0 fully saturated rings. The maximum absolute atomic E-state index is 5.75. The lowest BCUT2D eigenvalue weighted by atomic mass is 10.1. The van der Waals surface area contributed by atoms with Crippen LogP contribution in [0.1, 0.15) is 51.9 Å². The van der Waals surface area contributed by atoms with Crippen LogP contribution in [0.2, 0.25) is 0 Å². The molecule has 0 amide bonds. The van der Waals surface area contributed by atoms with Gasteiger partial charge in [0.15, 0.2) is 0 Å². The van der Waals surface area contributed by atoms with Gasteiger partial charge in [-0.2, -0.15) is 0 Å². The van der Waals surface area contributed by atoms with Crippen LogP contribution in [-0.4, -0.2) is 12.6 Å². The molecular formula is C15H27NO2. The van der Waals surface area contributed by atoms with Crippen molar-refractivity contribution in [2.24, 2.45) is 5.92 Å². The van der Waals surface area contributed by atoms with Gasteiger partial charge in [-0.15, -0.1) is 0 Å². The van der Waals surface area contributed by atoms with Crippen molar-refractivity contribution in [3.8, 4) is 0 Å². The summed E-state index contributed by atoms with van der Waals surface area (Å²) in [4.78, 5) is 0. The summed E-state index contributed by atoms with van der Waals surface area (Å²) < 4.78 is 11.2. The molecule has 0 radical (unpaired) electrons. The van der Waals surface area contributed by atoms with Gasteiger partial charge in [0.05, 0.1) is 19.4 Å². The quantitative estimate of drug-likeness (QED) is 0.728. The number of hydrogen-bond donors (Lipinski definition) is 1. The van der Waals surface area contributed by atoms with E-state index in [-0.39, 0.29) is 0 Å². The van der Waals surface area contributed by atoms with E-state index in [1.54, 1.807) is 6.26 Å². The number of ether oxygens (including phenoxy) is 1. The molecule has 0 aromatic carbocycles. The van der Waals surface area contributed by atoms with E-state index in [2.05, 4.69) is 33.0 Å². The third-order valence-corrected chi connectivity index (χ3v) is 2.95. The lowest BCUT2D eigenvalue weighted by molar-refractivity contribution is 0.0882. The van der Waals surface area contributed by atoms with Gasteiger partial charge in [-0.05, 0) is 18.4 Å². The SMILES string of the molecule is CCCC(C)COCc1ccoc1CNC(C)C. The Morgan fingerprint density at radius 1 is 1.33 bits per heavy atom. The van der Waals surface area contributed by atoms with E-state index >= 15 is 0 Å². The predicted molar refractivity (Wildman–Crippen MR) is 74.4 cm³/mol. The van der Waals surface area contributed by atoms with Crippen LogP contribution in [0.25, 0.3) is 0 Å². The van der Waals surface area contributed by atoms with Gasteiger partial charge in [0.2, 0.25) is 0 Å². The van der Waals surface area contributed by atoms with Gasteiger partial charge in [0.1, 0.15) is 5.76 Å². The van der Waals surface area contributed by atoms with Crippen molar-refractivity contribution in [1.82, 2.24) is 5.32 Å². The topological polar surface area (TPSA) is 34.4 Å². The van der Waals surface area contributed by atoms with Crippen LogP contribution in [0.4, 0.5) is 0 Å². The Bertz CT molecular complexity index is 320. The van der Waals surface area contributed by atoms with Crippen LogP contribution >= 0.6 is 0 Å². The predicted octanol–water partition coefficient (Wildman–Crippen LogP) is 3.73. The first-order chi connectivity index (χ1) is 8.63. The number of hydrogen-bond acceptors (Lipinski definition) is 3. The Kier molecular flexibility index (Phi) is 7.06. The molecule has 18 heavy (non-hydrogen) atoms. The fraction of sp³-hybridized carbons (Fsp3) is 0.733. The molecule has 0 aliphatic rings. The standard InChI is InChI=1S/C15H27NO2/c1-5-6-13(4)10-17-11-14-7-8-18-15(14)9-16-12(2)3/h7-8,12-13,16H,5-6,9-11H2,1-4H3. The van der Waals surface area contributed by atoms with E-state index in [9.17, 15) is 0 Å². The fourth-order valence-electron chi connectivity index (χ4n) is 1.89. The van der Waals surface area contributed by atoms with E-state index in [0.717, 1.165) is 24.5 Å². The highest BCUT2D eigenvalue weighted by molar-refractivity contribution is 5.15. The van der Waals surface area contributed by atoms with Crippen molar-refractivity contribution in [3.05, 3.63) is 23.7 Å². The van der Waals surface area contributed by atoms with Crippen molar-refractivity contribution in [3.63, 3.8) is 0 Å². The fourth-order valence-corrected chi connectivity index (χ4v) is 1.89. The highest BCUT2D eigenvalue weighted by atomic mass is 16.5. The molecule has 1 atom stereocenters. The Labute approximate surface area is 111 Å². The lowest BCUT2D eigenvalue weighted by Crippen LogP contribution is -2.22. The zero-order valence-corrected chi connectivity index (χ0v) is 12.2. The van der Waals surface area contributed by atoms with E-state index < -0.39 is 0 Å². The number of furan rings is 1. The minimum atomic E-state index is 0.466. The molecular weight excluding hydrogens is 226 g/mol. The monoisotopic (exact) mass is 253 g/mol. The molecule has 0 bridgehead atoms. The Balaban J connectivity index is 2.31. The average Bonchev–Trinajstić information content (AvgIpc) is 2.74. The van der Waals surface area contributed by atoms with Crippen LogP contribution < -0.4 is 5.32 Å². The molecule has 104 valence electrons. The third kappa shape index (κ3) is 5.69. The Morgan fingerprint density at radius 2 is 2.11 bits per heavy atom. The summed E-state index contributed by atoms with van der Waals surface area (Å²) in [6.07, 6.45) is 4.19. The minimum Gasteiger partial charge on any atom is -0.468 e. The van der Waals surface area contributed by atoms with Gasteiger partial charge in [-0.3, -0.25) is 0 Å². The normalized spacial score (nSPS) is 13.2. The summed E-state index contributed by atoms with van der Waals surface area (Å²) in [5.74, 6) is 1.63. The summed E-state index contributed by atoms with van der Waals surface area (Å²) in [5, 5.41) is 3.36. The van der Waals surface area contributed by atoms with Gasteiger partial charge in [-0.25, -0.2) is 0 Å². The zero-order chi connectivity index (χ0) is 13.4. The highest BCUT2D eigenvalue weighted by Crippen LogP contribution is 2.13. The van der Waals surface area contributed by atoms with E-state index in [1.807, 2.05) is 6.07 Å². The number of rotatable bonds is 9. The molecule has 1 aromatic heterocycles. The van der Waals surface area contributed by atoms with Gasteiger partial charge in [0, 0.05) is 18.2 Å². The molecule has 1 unspecified atom stereocenters.